The van der Waals surface area contributed by atoms with Crippen LogP contribution in [0.25, 0.3) is 11.1 Å². The zero-order valence-corrected chi connectivity index (χ0v) is 14.1. The van der Waals surface area contributed by atoms with Crippen molar-refractivity contribution in [1.82, 2.24) is 10.3 Å². The molecule has 4 nitrogen and oxygen atoms in total. The number of carbonyl (C=O) groups excluding carboxylic acids is 1. The summed E-state index contributed by atoms with van der Waals surface area (Å²) in [4.78, 5) is 16.9. The topological polar surface area (TPSA) is 51.2 Å². The molecule has 4 heteroatoms. The molecule has 0 unspecified atom stereocenters. The third kappa shape index (κ3) is 3.65. The molecular formula is C20H24N2O2. The van der Waals surface area contributed by atoms with Crippen molar-refractivity contribution in [3.63, 3.8) is 0 Å². The van der Waals surface area contributed by atoms with Crippen LogP contribution in [0.4, 0.5) is 0 Å². The zero-order valence-electron chi connectivity index (χ0n) is 14.1. The molecule has 1 N–H and O–H groups in total. The number of pyridine rings is 1. The summed E-state index contributed by atoms with van der Waals surface area (Å²) in [6, 6.07) is 12.4. The molecule has 0 atom stereocenters. The molecule has 3 rings (SSSR count). The number of hydrogen-bond acceptors (Lipinski definition) is 3. The summed E-state index contributed by atoms with van der Waals surface area (Å²) < 4.78 is 5.50. The van der Waals surface area contributed by atoms with Crippen LogP contribution in [0.2, 0.25) is 0 Å². The van der Waals surface area contributed by atoms with Gasteiger partial charge in [-0.2, -0.15) is 0 Å². The van der Waals surface area contributed by atoms with Gasteiger partial charge in [-0.1, -0.05) is 30.3 Å². The Morgan fingerprint density at radius 2 is 2.00 bits per heavy atom. The number of aromatic nitrogens is 1. The highest BCUT2D eigenvalue weighted by atomic mass is 16.5. The molecule has 1 fully saturated rings. The van der Waals surface area contributed by atoms with Gasteiger partial charge in [-0.3, -0.25) is 9.78 Å². The molecule has 1 aliphatic rings. The zero-order chi connectivity index (χ0) is 16.8. The molecule has 1 aromatic carbocycles. The Morgan fingerprint density at radius 1 is 1.21 bits per heavy atom. The third-order valence-corrected chi connectivity index (χ3v) is 4.73. The van der Waals surface area contributed by atoms with Gasteiger partial charge in [0.2, 0.25) is 5.91 Å². The van der Waals surface area contributed by atoms with Crippen molar-refractivity contribution in [3.8, 4) is 11.1 Å². The van der Waals surface area contributed by atoms with E-state index in [-0.39, 0.29) is 11.3 Å². The second-order valence-electron chi connectivity index (χ2n) is 6.37. The van der Waals surface area contributed by atoms with Crippen LogP contribution in [0.3, 0.4) is 0 Å². The Kier molecular flexibility index (Phi) is 5.26. The summed E-state index contributed by atoms with van der Waals surface area (Å²) in [5.74, 6) is 0.153. The average molecular weight is 324 g/mol. The van der Waals surface area contributed by atoms with Gasteiger partial charge in [0.25, 0.3) is 0 Å². The van der Waals surface area contributed by atoms with Gasteiger partial charge in [0.1, 0.15) is 0 Å². The van der Waals surface area contributed by atoms with E-state index in [1.165, 1.54) is 5.56 Å². The molecule has 1 aliphatic heterocycles. The number of rotatable bonds is 5. The molecule has 24 heavy (non-hydrogen) atoms. The monoisotopic (exact) mass is 324 g/mol. The summed E-state index contributed by atoms with van der Waals surface area (Å²) in [5.41, 5.74) is 3.06. The predicted molar refractivity (Wildman–Crippen MR) is 94.5 cm³/mol. The summed E-state index contributed by atoms with van der Waals surface area (Å²) in [7, 11) is 0. The van der Waals surface area contributed by atoms with E-state index < -0.39 is 0 Å². The summed E-state index contributed by atoms with van der Waals surface area (Å²) in [6.45, 7) is 3.93. The first kappa shape index (κ1) is 16.7. The lowest BCUT2D eigenvalue weighted by Crippen LogP contribution is -2.46. The van der Waals surface area contributed by atoms with E-state index in [1.807, 2.05) is 19.2 Å². The van der Waals surface area contributed by atoms with E-state index in [2.05, 4.69) is 40.6 Å². The largest absolute Gasteiger partial charge is 0.381 e. The van der Waals surface area contributed by atoms with Gasteiger partial charge < -0.3 is 10.1 Å². The minimum Gasteiger partial charge on any atom is -0.381 e. The van der Waals surface area contributed by atoms with Crippen LogP contribution in [0.1, 0.15) is 25.3 Å². The van der Waals surface area contributed by atoms with Crippen molar-refractivity contribution < 1.29 is 9.53 Å². The molecule has 0 spiro atoms. The Hall–Kier alpha value is -2.20. The van der Waals surface area contributed by atoms with Gasteiger partial charge in [-0.25, -0.2) is 0 Å². The van der Waals surface area contributed by atoms with E-state index in [0.29, 0.717) is 19.8 Å². The number of ether oxygens (including phenoxy) is 1. The van der Waals surface area contributed by atoms with Crippen LogP contribution >= 0.6 is 0 Å². The van der Waals surface area contributed by atoms with E-state index in [4.69, 9.17) is 4.74 Å². The van der Waals surface area contributed by atoms with E-state index in [0.717, 1.165) is 30.4 Å². The highest BCUT2D eigenvalue weighted by Crippen LogP contribution is 2.35. The molecule has 1 amide bonds. The van der Waals surface area contributed by atoms with Crippen molar-refractivity contribution in [1.29, 1.82) is 0 Å². The Labute approximate surface area is 143 Å². The highest BCUT2D eigenvalue weighted by Gasteiger charge is 2.39. The fraction of sp³-hybridized carbons (Fsp3) is 0.400. The molecular weight excluding hydrogens is 300 g/mol. The van der Waals surface area contributed by atoms with Crippen LogP contribution in [0.5, 0.6) is 0 Å². The van der Waals surface area contributed by atoms with Gasteiger partial charge >= 0.3 is 0 Å². The molecule has 1 saturated heterocycles. The number of hydrogen-bond donors (Lipinski definition) is 1. The van der Waals surface area contributed by atoms with Gasteiger partial charge in [-0.15, -0.1) is 0 Å². The molecule has 1 aromatic heterocycles. The van der Waals surface area contributed by atoms with Crippen molar-refractivity contribution >= 4 is 5.91 Å². The van der Waals surface area contributed by atoms with E-state index in [1.54, 1.807) is 6.20 Å². The average Bonchev–Trinajstić information content (AvgIpc) is 2.64. The van der Waals surface area contributed by atoms with Crippen molar-refractivity contribution in [2.45, 2.75) is 26.2 Å². The molecule has 0 aliphatic carbocycles. The van der Waals surface area contributed by atoms with E-state index in [9.17, 15) is 4.79 Å². The van der Waals surface area contributed by atoms with Crippen molar-refractivity contribution in [2.24, 2.45) is 5.41 Å². The maximum atomic E-state index is 12.7. The second kappa shape index (κ2) is 7.58. The third-order valence-electron chi connectivity index (χ3n) is 4.73. The number of carbonyl (C=O) groups is 1. The van der Waals surface area contributed by atoms with Gasteiger partial charge in [0.05, 0.1) is 5.41 Å². The van der Waals surface area contributed by atoms with Crippen LogP contribution in [0, 0.1) is 5.41 Å². The molecule has 0 saturated carbocycles. The number of amides is 1. The minimum atomic E-state index is -0.359. The molecule has 0 bridgehead atoms. The van der Waals surface area contributed by atoms with Crippen LogP contribution in [-0.2, 0) is 16.0 Å². The SMILES string of the molecule is CCNC(=O)C1(Cc2cccc(-c3cccnc3)c2)CCOCC1. The summed E-state index contributed by atoms with van der Waals surface area (Å²) >= 11 is 0. The molecule has 0 radical (unpaired) electrons. The summed E-state index contributed by atoms with van der Waals surface area (Å²) in [6.07, 6.45) is 5.94. The van der Waals surface area contributed by atoms with Crippen LogP contribution < -0.4 is 5.32 Å². The second-order valence-corrected chi connectivity index (χ2v) is 6.37. The molecule has 2 aromatic rings. The minimum absolute atomic E-state index is 0.153. The smallest absolute Gasteiger partial charge is 0.226 e. The summed E-state index contributed by atoms with van der Waals surface area (Å²) in [5, 5.41) is 3.02. The first-order valence-corrected chi connectivity index (χ1v) is 8.59. The van der Waals surface area contributed by atoms with Gasteiger partial charge in [-0.05, 0) is 48.9 Å². The van der Waals surface area contributed by atoms with E-state index >= 15 is 0 Å². The molecule has 126 valence electrons. The first-order valence-electron chi connectivity index (χ1n) is 8.59. The standard InChI is InChI=1S/C20H24N2O2/c1-2-22-19(23)20(8-11-24-12-9-20)14-16-5-3-6-17(13-16)18-7-4-10-21-15-18/h3-7,10,13,15H,2,8-9,11-12,14H2,1H3,(H,22,23). The highest BCUT2D eigenvalue weighted by molar-refractivity contribution is 5.83. The molecule has 2 heterocycles. The van der Waals surface area contributed by atoms with Crippen molar-refractivity contribution in [2.75, 3.05) is 19.8 Å². The van der Waals surface area contributed by atoms with Crippen LogP contribution in [-0.4, -0.2) is 30.6 Å². The van der Waals surface area contributed by atoms with Crippen LogP contribution in [0.15, 0.2) is 48.8 Å². The number of nitrogens with one attached hydrogen (secondary N) is 1. The lowest BCUT2D eigenvalue weighted by atomic mass is 9.74. The normalized spacial score (nSPS) is 16.5. The predicted octanol–water partition coefficient (Wildman–Crippen LogP) is 3.22. The first-order chi connectivity index (χ1) is 11.7. The van der Waals surface area contributed by atoms with Crippen molar-refractivity contribution in [3.05, 3.63) is 54.4 Å². The quantitative estimate of drug-likeness (QED) is 0.919. The number of benzene rings is 1. The van der Waals surface area contributed by atoms with Gasteiger partial charge in [0, 0.05) is 32.2 Å². The Bertz CT molecular complexity index is 679. The Morgan fingerprint density at radius 3 is 2.71 bits per heavy atom. The van der Waals surface area contributed by atoms with Gasteiger partial charge in [0.15, 0.2) is 0 Å². The lowest BCUT2D eigenvalue weighted by Gasteiger charge is -2.36. The Balaban J connectivity index is 1.86. The fourth-order valence-electron chi connectivity index (χ4n) is 3.38. The maximum absolute atomic E-state index is 12.7. The lowest BCUT2D eigenvalue weighted by molar-refractivity contribution is -0.136. The number of nitrogens with zero attached hydrogens (tertiary/aromatic N) is 1. The fourth-order valence-corrected chi connectivity index (χ4v) is 3.38. The maximum Gasteiger partial charge on any atom is 0.226 e.